The first kappa shape index (κ1) is 18.3. The minimum absolute atomic E-state index is 0.0253. The lowest BCUT2D eigenvalue weighted by atomic mass is 10.1. The predicted molar refractivity (Wildman–Crippen MR) is 93.9 cm³/mol. The molecule has 0 aliphatic carbocycles. The van der Waals surface area contributed by atoms with Gasteiger partial charge in [-0.1, -0.05) is 30.3 Å². The van der Waals surface area contributed by atoms with Crippen LogP contribution in [0.25, 0.3) is 0 Å². The Kier molecular flexibility index (Phi) is 5.26. The average Bonchev–Trinajstić information content (AvgIpc) is 2.62. The first-order valence-electron chi connectivity index (χ1n) is 7.99. The van der Waals surface area contributed by atoms with Crippen molar-refractivity contribution in [2.24, 2.45) is 0 Å². The van der Waals surface area contributed by atoms with Crippen LogP contribution in [0.1, 0.15) is 26.3 Å². The Morgan fingerprint density at radius 3 is 1.85 bits per heavy atom. The molecule has 136 valence electrons. The third kappa shape index (κ3) is 4.36. The lowest BCUT2D eigenvalue weighted by Crippen LogP contribution is -2.17. The molecule has 0 amide bonds. The van der Waals surface area contributed by atoms with Crippen LogP contribution in [0.4, 0.5) is 8.78 Å². The predicted octanol–water partition coefficient (Wildman–Crippen LogP) is 4.71. The number of hydrogen-bond acceptors (Lipinski definition) is 4. The Bertz CT molecular complexity index is 994. The summed E-state index contributed by atoms with van der Waals surface area (Å²) in [7, 11) is 0. The van der Waals surface area contributed by atoms with Gasteiger partial charge in [0.05, 0.1) is 11.1 Å². The van der Waals surface area contributed by atoms with Crippen molar-refractivity contribution in [1.82, 2.24) is 0 Å². The molecule has 3 rings (SSSR count). The molecular weight excluding hydrogens is 354 g/mol. The normalized spacial score (nSPS) is 10.3. The maximum absolute atomic E-state index is 13.3. The van der Waals surface area contributed by atoms with Crippen LogP contribution in [0.2, 0.25) is 0 Å². The summed E-state index contributed by atoms with van der Waals surface area (Å²) in [6.45, 7) is 1.78. The van der Waals surface area contributed by atoms with Crippen molar-refractivity contribution >= 4 is 11.9 Å². The maximum Gasteiger partial charge on any atom is 0.344 e. The fourth-order valence-electron chi connectivity index (χ4n) is 2.41. The minimum atomic E-state index is -0.933. The van der Waals surface area contributed by atoms with E-state index >= 15 is 0 Å². The van der Waals surface area contributed by atoms with Crippen molar-refractivity contribution in [3.8, 4) is 11.5 Å². The molecule has 0 N–H and O–H groups in total. The largest absolute Gasteiger partial charge is 0.423 e. The van der Waals surface area contributed by atoms with Gasteiger partial charge in [-0.3, -0.25) is 0 Å². The third-order valence-corrected chi connectivity index (χ3v) is 3.71. The summed E-state index contributed by atoms with van der Waals surface area (Å²) >= 11 is 0. The van der Waals surface area contributed by atoms with Gasteiger partial charge in [0.2, 0.25) is 0 Å². The van der Waals surface area contributed by atoms with Crippen LogP contribution in [0, 0.1) is 18.6 Å². The first-order valence-corrected chi connectivity index (χ1v) is 7.99. The summed E-state index contributed by atoms with van der Waals surface area (Å²) in [6.07, 6.45) is 0. The molecule has 3 aromatic carbocycles. The van der Waals surface area contributed by atoms with E-state index in [0.717, 1.165) is 17.7 Å². The number of esters is 2. The van der Waals surface area contributed by atoms with E-state index in [2.05, 4.69) is 0 Å². The zero-order chi connectivity index (χ0) is 19.4. The second-order valence-electron chi connectivity index (χ2n) is 5.70. The lowest BCUT2D eigenvalue weighted by molar-refractivity contribution is 0.0691. The quantitative estimate of drug-likeness (QED) is 0.494. The standard InChI is InChI=1S/C21H14F2O4/c1-13-6-2-5-9-19(13)27-21(25)18-8-4-3-7-17(18)20(24)26-16-11-14(22)10-15(23)12-16/h2-12H,1H3. The van der Waals surface area contributed by atoms with Crippen molar-refractivity contribution in [3.63, 3.8) is 0 Å². The molecule has 4 nitrogen and oxygen atoms in total. The highest BCUT2D eigenvalue weighted by Crippen LogP contribution is 2.21. The Balaban J connectivity index is 1.85. The molecule has 0 aromatic heterocycles. The zero-order valence-corrected chi connectivity index (χ0v) is 14.2. The zero-order valence-electron chi connectivity index (χ0n) is 14.2. The molecule has 0 heterocycles. The Labute approximate surface area is 154 Å². The van der Waals surface area contributed by atoms with Crippen molar-refractivity contribution in [2.45, 2.75) is 6.92 Å². The van der Waals surface area contributed by atoms with Gasteiger partial charge in [0, 0.05) is 18.2 Å². The van der Waals surface area contributed by atoms with E-state index in [4.69, 9.17) is 9.47 Å². The van der Waals surface area contributed by atoms with Gasteiger partial charge in [-0.25, -0.2) is 18.4 Å². The molecule has 0 saturated heterocycles. The molecule has 0 spiro atoms. The fraction of sp³-hybridized carbons (Fsp3) is 0.0476. The number of rotatable bonds is 4. The van der Waals surface area contributed by atoms with Crippen molar-refractivity contribution in [3.05, 3.63) is 95.1 Å². The van der Waals surface area contributed by atoms with Gasteiger partial charge in [0.25, 0.3) is 0 Å². The van der Waals surface area contributed by atoms with Gasteiger partial charge >= 0.3 is 11.9 Å². The number of carbonyl (C=O) groups is 2. The molecule has 0 fully saturated rings. The molecule has 0 saturated carbocycles. The highest BCUT2D eigenvalue weighted by atomic mass is 19.1. The Hall–Kier alpha value is -3.54. The van der Waals surface area contributed by atoms with Gasteiger partial charge < -0.3 is 9.47 Å². The van der Waals surface area contributed by atoms with E-state index in [1.165, 1.54) is 18.2 Å². The molecule has 0 aliphatic heterocycles. The summed E-state index contributed by atoms with van der Waals surface area (Å²) in [5.41, 5.74) is 0.643. The number of halogens is 2. The van der Waals surface area contributed by atoms with Crippen LogP contribution in [0.15, 0.2) is 66.7 Å². The topological polar surface area (TPSA) is 52.6 Å². The molecule has 0 aliphatic rings. The number of carbonyl (C=O) groups excluding carboxylic acids is 2. The molecule has 0 radical (unpaired) electrons. The molecule has 0 unspecified atom stereocenters. The van der Waals surface area contributed by atoms with Gasteiger partial charge in [-0.15, -0.1) is 0 Å². The van der Waals surface area contributed by atoms with E-state index in [1.54, 1.807) is 37.3 Å². The summed E-state index contributed by atoms with van der Waals surface area (Å²) in [5, 5.41) is 0. The number of benzene rings is 3. The molecule has 0 bridgehead atoms. The number of para-hydroxylation sites is 1. The summed E-state index contributed by atoms with van der Waals surface area (Å²) in [6, 6.07) is 15.2. The van der Waals surface area contributed by atoms with Gasteiger partial charge in [-0.05, 0) is 30.7 Å². The number of hydrogen-bond donors (Lipinski definition) is 0. The van der Waals surface area contributed by atoms with Gasteiger partial charge in [-0.2, -0.15) is 0 Å². The van der Waals surface area contributed by atoms with Crippen LogP contribution in [0.3, 0.4) is 0 Å². The maximum atomic E-state index is 13.3. The summed E-state index contributed by atoms with van der Waals surface area (Å²) < 4.78 is 36.9. The molecule has 3 aromatic rings. The second kappa shape index (κ2) is 7.78. The molecule has 6 heteroatoms. The van der Waals surface area contributed by atoms with Crippen LogP contribution in [-0.2, 0) is 0 Å². The van der Waals surface area contributed by atoms with E-state index in [0.29, 0.717) is 11.8 Å². The number of aryl methyl sites for hydroxylation is 1. The second-order valence-corrected chi connectivity index (χ2v) is 5.70. The van der Waals surface area contributed by atoms with Crippen LogP contribution >= 0.6 is 0 Å². The van der Waals surface area contributed by atoms with Crippen molar-refractivity contribution < 1.29 is 27.8 Å². The van der Waals surface area contributed by atoms with E-state index in [-0.39, 0.29) is 16.9 Å². The highest BCUT2D eigenvalue weighted by Gasteiger charge is 2.21. The summed E-state index contributed by atoms with van der Waals surface area (Å²) in [5.74, 6) is -3.40. The van der Waals surface area contributed by atoms with Crippen LogP contribution in [0.5, 0.6) is 11.5 Å². The number of ether oxygens (including phenoxy) is 2. The molecular formula is C21H14F2O4. The van der Waals surface area contributed by atoms with Gasteiger partial charge in [0.1, 0.15) is 23.1 Å². The third-order valence-electron chi connectivity index (χ3n) is 3.71. The monoisotopic (exact) mass is 368 g/mol. The average molecular weight is 368 g/mol. The smallest absolute Gasteiger partial charge is 0.344 e. The van der Waals surface area contributed by atoms with Crippen LogP contribution in [-0.4, -0.2) is 11.9 Å². The van der Waals surface area contributed by atoms with Gasteiger partial charge in [0.15, 0.2) is 0 Å². The molecule has 0 atom stereocenters. The molecule has 27 heavy (non-hydrogen) atoms. The van der Waals surface area contributed by atoms with E-state index < -0.39 is 23.6 Å². The SMILES string of the molecule is Cc1ccccc1OC(=O)c1ccccc1C(=O)Oc1cc(F)cc(F)c1. The first-order chi connectivity index (χ1) is 12.9. The fourth-order valence-corrected chi connectivity index (χ4v) is 2.41. The Morgan fingerprint density at radius 1 is 0.741 bits per heavy atom. The Morgan fingerprint density at radius 2 is 1.26 bits per heavy atom. The van der Waals surface area contributed by atoms with Crippen molar-refractivity contribution in [1.29, 1.82) is 0 Å². The summed E-state index contributed by atoms with van der Waals surface area (Å²) in [4.78, 5) is 24.9. The van der Waals surface area contributed by atoms with E-state index in [1.807, 2.05) is 0 Å². The van der Waals surface area contributed by atoms with Crippen molar-refractivity contribution in [2.75, 3.05) is 0 Å². The minimum Gasteiger partial charge on any atom is -0.423 e. The highest BCUT2D eigenvalue weighted by molar-refractivity contribution is 6.04. The van der Waals surface area contributed by atoms with Crippen LogP contribution < -0.4 is 9.47 Å². The van der Waals surface area contributed by atoms with E-state index in [9.17, 15) is 18.4 Å². The lowest BCUT2D eigenvalue weighted by Gasteiger charge is -2.10.